The van der Waals surface area contributed by atoms with E-state index in [0.717, 1.165) is 5.56 Å². The van der Waals surface area contributed by atoms with Gasteiger partial charge in [0.25, 0.3) is 0 Å². The Kier molecular flexibility index (Phi) is 9.58. The normalized spacial score (nSPS) is 13.0. The van der Waals surface area contributed by atoms with Crippen molar-refractivity contribution in [2.24, 2.45) is 5.41 Å². The van der Waals surface area contributed by atoms with Crippen molar-refractivity contribution in [1.82, 2.24) is 0 Å². The maximum absolute atomic E-state index is 16.2. The van der Waals surface area contributed by atoms with E-state index in [4.69, 9.17) is 4.55 Å². The van der Waals surface area contributed by atoms with Crippen LogP contribution in [0.15, 0.2) is 72.8 Å². The van der Waals surface area contributed by atoms with Crippen molar-refractivity contribution < 1.29 is 66.7 Å². The molecule has 0 bridgehead atoms. The molecule has 0 aromatic heterocycles. The van der Waals surface area contributed by atoms with E-state index in [1.807, 2.05) is 18.2 Å². The van der Waals surface area contributed by atoms with Gasteiger partial charge in [0.05, 0.1) is 5.92 Å². The first-order valence-electron chi connectivity index (χ1n) is 10.7. The molecule has 0 amide bonds. The van der Waals surface area contributed by atoms with Gasteiger partial charge >= 0.3 is 50.9 Å². The molecule has 1 N–H and O–H groups in total. The first-order chi connectivity index (χ1) is 16.2. The van der Waals surface area contributed by atoms with Crippen molar-refractivity contribution in [3.05, 3.63) is 84.2 Å². The second-order valence-corrected chi connectivity index (χ2v) is 10.7. The van der Waals surface area contributed by atoms with Gasteiger partial charge in [-0.05, 0) is 22.1 Å². The van der Waals surface area contributed by atoms with Crippen molar-refractivity contribution in [1.29, 1.82) is 0 Å². The van der Waals surface area contributed by atoms with Gasteiger partial charge in [0.15, 0.2) is 6.61 Å². The fourth-order valence-electron chi connectivity index (χ4n) is 3.82. The van der Waals surface area contributed by atoms with Crippen LogP contribution in [0.3, 0.4) is 0 Å². The van der Waals surface area contributed by atoms with Crippen LogP contribution in [0.5, 0.6) is 0 Å². The maximum Gasteiger partial charge on any atom is 1.00 e. The minimum atomic E-state index is -5.80. The fraction of sp³-hybridized carbons (Fsp3) is 0.269. The summed E-state index contributed by atoms with van der Waals surface area (Å²) >= 11 is 0. The van der Waals surface area contributed by atoms with E-state index >= 15 is 4.39 Å². The van der Waals surface area contributed by atoms with E-state index in [1.54, 1.807) is 69.3 Å². The summed E-state index contributed by atoms with van der Waals surface area (Å²) in [5.41, 5.74) is 0.991. The predicted molar refractivity (Wildman–Crippen MR) is 128 cm³/mol. The number of carbonyl (C=O) groups is 1. The molecule has 0 aliphatic heterocycles. The van der Waals surface area contributed by atoms with Crippen LogP contribution in [0.2, 0.25) is 0 Å². The molecular weight excluding hydrogens is 504 g/mol. The summed E-state index contributed by atoms with van der Waals surface area (Å²) < 4.78 is 78.6. The standard InChI is InChI=1S/C26H25F3O5S.Na.H/c1-25(2,3)22(24(30)34-16-26(28,29)35(31,32)33)20-15-14-19(17-10-6-4-7-11-17)21(23(20)27)18-12-8-5-9-13-18;;/h4-15,22H,16H2,1-3H3,(H,31,32,33);;/q;+1;-1. The molecule has 1 unspecified atom stereocenters. The minimum Gasteiger partial charge on any atom is -1.00 e. The van der Waals surface area contributed by atoms with Gasteiger partial charge in [-0.2, -0.15) is 17.2 Å². The summed E-state index contributed by atoms with van der Waals surface area (Å²) in [4.78, 5) is 12.9. The molecule has 188 valence electrons. The fourth-order valence-corrected chi connectivity index (χ4v) is 4.03. The first-order valence-corrected chi connectivity index (χ1v) is 12.1. The number of hydrogen-bond acceptors (Lipinski definition) is 4. The Labute approximate surface area is 232 Å². The van der Waals surface area contributed by atoms with Gasteiger partial charge in [0.1, 0.15) is 5.82 Å². The monoisotopic (exact) mass is 530 g/mol. The third-order valence-electron chi connectivity index (χ3n) is 5.49. The number of rotatable bonds is 7. The molecule has 0 heterocycles. The summed E-state index contributed by atoms with van der Waals surface area (Å²) in [6.07, 6.45) is 0. The molecule has 36 heavy (non-hydrogen) atoms. The van der Waals surface area contributed by atoms with Gasteiger partial charge in [-0.15, -0.1) is 0 Å². The van der Waals surface area contributed by atoms with Crippen LogP contribution in [0.1, 0.15) is 33.7 Å². The number of carbonyl (C=O) groups excluding carboxylic acids is 1. The molecule has 3 rings (SSSR count). The van der Waals surface area contributed by atoms with Crippen molar-refractivity contribution in [2.75, 3.05) is 6.61 Å². The molecule has 3 aromatic rings. The summed E-state index contributed by atoms with van der Waals surface area (Å²) in [5, 5.41) is -4.70. The Morgan fingerprint density at radius 1 is 0.944 bits per heavy atom. The number of alkyl halides is 2. The van der Waals surface area contributed by atoms with Crippen LogP contribution in [0, 0.1) is 11.2 Å². The zero-order valence-corrected chi connectivity index (χ0v) is 23.2. The van der Waals surface area contributed by atoms with Gasteiger partial charge in [-0.25, -0.2) is 4.39 Å². The maximum atomic E-state index is 16.2. The van der Waals surface area contributed by atoms with Crippen molar-refractivity contribution in [3.8, 4) is 22.3 Å². The third kappa shape index (κ3) is 6.58. The van der Waals surface area contributed by atoms with Crippen LogP contribution in [-0.2, 0) is 19.6 Å². The Bertz CT molecular complexity index is 1320. The molecule has 0 saturated carbocycles. The SMILES string of the molecule is CC(C)(C)C(C(=O)OCC(F)(F)S(=O)(=O)O)c1ccc(-c2ccccc2)c(-c2ccccc2)c1F.[H-].[Na+]. The Hall–Kier alpha value is -2.17. The largest absolute Gasteiger partial charge is 1.00 e. The van der Waals surface area contributed by atoms with Crippen molar-refractivity contribution >= 4 is 16.1 Å². The quantitative estimate of drug-likeness (QED) is 0.288. The van der Waals surface area contributed by atoms with Crippen molar-refractivity contribution in [3.63, 3.8) is 0 Å². The number of esters is 1. The zero-order valence-electron chi connectivity index (χ0n) is 21.3. The topological polar surface area (TPSA) is 80.7 Å². The average molecular weight is 531 g/mol. The van der Waals surface area contributed by atoms with Crippen LogP contribution in [-0.4, -0.2) is 30.8 Å². The van der Waals surface area contributed by atoms with Crippen LogP contribution in [0.25, 0.3) is 22.3 Å². The van der Waals surface area contributed by atoms with Gasteiger partial charge in [-0.1, -0.05) is 93.6 Å². The van der Waals surface area contributed by atoms with Gasteiger partial charge < -0.3 is 6.16 Å². The van der Waals surface area contributed by atoms with E-state index in [-0.39, 0.29) is 42.1 Å². The van der Waals surface area contributed by atoms with E-state index in [9.17, 15) is 22.0 Å². The Balaban J connectivity index is 0.00000342. The van der Waals surface area contributed by atoms with E-state index in [2.05, 4.69) is 4.74 Å². The molecule has 0 spiro atoms. The molecule has 3 aromatic carbocycles. The summed E-state index contributed by atoms with van der Waals surface area (Å²) in [5.74, 6) is -3.32. The van der Waals surface area contributed by atoms with Crippen molar-refractivity contribution in [2.45, 2.75) is 31.9 Å². The third-order valence-corrected chi connectivity index (χ3v) is 6.36. The van der Waals surface area contributed by atoms with Gasteiger partial charge in [0, 0.05) is 11.1 Å². The molecular formula is C26H26F3NaO5S. The molecule has 0 saturated heterocycles. The van der Waals surface area contributed by atoms with Crippen LogP contribution < -0.4 is 29.6 Å². The van der Waals surface area contributed by atoms with Crippen LogP contribution in [0.4, 0.5) is 13.2 Å². The Morgan fingerprint density at radius 3 is 1.92 bits per heavy atom. The summed E-state index contributed by atoms with van der Waals surface area (Å²) in [6.45, 7) is 2.91. The Morgan fingerprint density at radius 2 is 1.44 bits per heavy atom. The molecule has 0 radical (unpaired) electrons. The van der Waals surface area contributed by atoms with E-state index in [0.29, 0.717) is 11.1 Å². The molecule has 0 fully saturated rings. The smallest absolute Gasteiger partial charge is 1.00 e. The number of halogens is 3. The number of hydrogen-bond donors (Lipinski definition) is 1. The molecule has 0 aliphatic carbocycles. The minimum absolute atomic E-state index is 0. The van der Waals surface area contributed by atoms with Crippen LogP contribution >= 0.6 is 0 Å². The summed E-state index contributed by atoms with van der Waals surface area (Å²) in [6, 6.07) is 20.8. The zero-order chi connectivity index (χ0) is 26.0. The van der Waals surface area contributed by atoms with Gasteiger partial charge in [0.2, 0.25) is 0 Å². The number of ether oxygens (including phenoxy) is 1. The molecule has 5 nitrogen and oxygen atoms in total. The number of benzene rings is 3. The summed E-state index contributed by atoms with van der Waals surface area (Å²) in [7, 11) is -5.80. The first kappa shape index (κ1) is 30.1. The second kappa shape index (κ2) is 11.5. The second-order valence-electron chi connectivity index (χ2n) is 9.14. The molecule has 1 atom stereocenters. The molecule has 0 aliphatic rings. The van der Waals surface area contributed by atoms with Gasteiger partial charge in [-0.3, -0.25) is 9.35 Å². The van der Waals surface area contributed by atoms with E-state index in [1.165, 1.54) is 6.07 Å². The van der Waals surface area contributed by atoms with E-state index < -0.39 is 45.1 Å². The average Bonchev–Trinajstić information content (AvgIpc) is 2.78. The predicted octanol–water partition coefficient (Wildman–Crippen LogP) is 3.43. The molecule has 10 heteroatoms.